The highest BCUT2D eigenvalue weighted by molar-refractivity contribution is 8.03. The minimum Gasteiger partial charge on any atom is -0.467 e. The van der Waals surface area contributed by atoms with Crippen molar-refractivity contribution in [2.24, 2.45) is 10.9 Å². The Labute approximate surface area is 176 Å². The van der Waals surface area contributed by atoms with E-state index >= 15 is 0 Å². The molecule has 1 aromatic heterocycles. The van der Waals surface area contributed by atoms with Gasteiger partial charge in [0.15, 0.2) is 11.8 Å². The van der Waals surface area contributed by atoms with E-state index in [0.29, 0.717) is 12.2 Å². The van der Waals surface area contributed by atoms with Crippen LogP contribution < -0.4 is 0 Å². The highest BCUT2D eigenvalue weighted by atomic mass is 35.5. The third-order valence-corrected chi connectivity index (χ3v) is 6.59. The highest BCUT2D eigenvalue weighted by Gasteiger charge is 2.31. The fraction of sp³-hybridized carbons (Fsp3) is 0.524. The highest BCUT2D eigenvalue weighted by Crippen LogP contribution is 2.39. The average molecular weight is 422 g/mol. The summed E-state index contributed by atoms with van der Waals surface area (Å²) >= 11 is 7.65. The second-order valence-corrected chi connectivity index (χ2v) is 9.13. The summed E-state index contributed by atoms with van der Waals surface area (Å²) in [6, 6.07) is 3.64. The summed E-state index contributed by atoms with van der Waals surface area (Å²) in [7, 11) is 2.00. The standard InChI is InChI=1S/C16H18ClN3O2S.C5H10/c1-10(21)13-5-3-11(7-18-13)15-16(22-9-19-15)23-14-6-4-12(17)8-20(14)2;1-5-3-2-4-5/h3-7,9-10,15-16,21H,8H2,1-2H3;5H,2-4H2,1H3. The number of thioether (sulfide) groups is 1. The van der Waals surface area contributed by atoms with Crippen molar-refractivity contribution in [3.05, 3.63) is 51.8 Å². The number of rotatable bonds is 4. The Hall–Kier alpha value is -1.50. The van der Waals surface area contributed by atoms with E-state index in [-0.39, 0.29) is 11.5 Å². The molecule has 1 N–H and O–H groups in total. The Morgan fingerprint density at radius 2 is 2.07 bits per heavy atom. The van der Waals surface area contributed by atoms with Crippen LogP contribution in [0.3, 0.4) is 0 Å². The van der Waals surface area contributed by atoms with Crippen LogP contribution in [0.15, 0.2) is 45.5 Å². The lowest BCUT2D eigenvalue weighted by atomic mass is 9.88. The lowest BCUT2D eigenvalue weighted by Crippen LogP contribution is -2.23. The predicted octanol–water partition coefficient (Wildman–Crippen LogP) is 5.01. The first kappa shape index (κ1) is 21.2. The third-order valence-electron chi connectivity index (χ3n) is 5.05. The summed E-state index contributed by atoms with van der Waals surface area (Å²) in [5, 5.41) is 11.4. The van der Waals surface area contributed by atoms with Gasteiger partial charge in [0.1, 0.15) is 6.04 Å². The molecule has 3 unspecified atom stereocenters. The van der Waals surface area contributed by atoms with Crippen LogP contribution >= 0.6 is 23.4 Å². The van der Waals surface area contributed by atoms with E-state index in [4.69, 9.17) is 16.3 Å². The van der Waals surface area contributed by atoms with Crippen LogP contribution in [0, 0.1) is 5.92 Å². The Balaban J connectivity index is 0.000000391. The summed E-state index contributed by atoms with van der Waals surface area (Å²) in [6.07, 6.45) is 11.0. The molecule has 7 heteroatoms. The number of halogens is 1. The molecule has 0 aromatic carbocycles. The molecule has 5 nitrogen and oxygen atoms in total. The minimum absolute atomic E-state index is 0.119. The topological polar surface area (TPSA) is 58.0 Å². The van der Waals surface area contributed by atoms with E-state index in [0.717, 1.165) is 21.5 Å². The van der Waals surface area contributed by atoms with Crippen molar-refractivity contribution in [2.45, 2.75) is 50.7 Å². The monoisotopic (exact) mass is 421 g/mol. The van der Waals surface area contributed by atoms with Crippen LogP contribution in [0.4, 0.5) is 0 Å². The number of aliphatic imine (C=N–C) groups is 1. The zero-order chi connectivity index (χ0) is 20.1. The number of likely N-dealkylation sites (N-methyl/N-ethyl adjacent to an activating group) is 1. The second kappa shape index (κ2) is 9.81. The van der Waals surface area contributed by atoms with Gasteiger partial charge >= 0.3 is 0 Å². The number of ether oxygens (including phenoxy) is 1. The Morgan fingerprint density at radius 1 is 1.32 bits per heavy atom. The molecule has 0 radical (unpaired) electrons. The van der Waals surface area contributed by atoms with Crippen molar-refractivity contribution in [3.63, 3.8) is 0 Å². The third kappa shape index (κ3) is 5.52. The molecule has 3 heterocycles. The van der Waals surface area contributed by atoms with Crippen LogP contribution in [0.25, 0.3) is 0 Å². The molecule has 1 fully saturated rings. The Bertz CT molecular complexity index is 745. The van der Waals surface area contributed by atoms with Gasteiger partial charge < -0.3 is 14.7 Å². The van der Waals surface area contributed by atoms with Gasteiger partial charge in [-0.2, -0.15) is 0 Å². The minimum atomic E-state index is -0.574. The van der Waals surface area contributed by atoms with Gasteiger partial charge in [-0.05, 0) is 36.6 Å². The van der Waals surface area contributed by atoms with E-state index in [1.807, 2.05) is 31.3 Å². The molecule has 1 aromatic rings. The van der Waals surface area contributed by atoms with Gasteiger partial charge in [0, 0.05) is 18.3 Å². The van der Waals surface area contributed by atoms with Gasteiger partial charge in [-0.25, -0.2) is 4.99 Å². The van der Waals surface area contributed by atoms with Crippen LogP contribution in [-0.4, -0.2) is 40.4 Å². The number of aliphatic hydroxyl groups excluding tert-OH is 1. The number of pyridine rings is 1. The largest absolute Gasteiger partial charge is 0.467 e. The van der Waals surface area contributed by atoms with E-state index < -0.39 is 6.10 Å². The maximum atomic E-state index is 9.55. The maximum Gasteiger partial charge on any atom is 0.177 e. The second-order valence-electron chi connectivity index (χ2n) is 7.52. The first-order valence-corrected chi connectivity index (χ1v) is 10.9. The van der Waals surface area contributed by atoms with Crippen LogP contribution in [0.5, 0.6) is 0 Å². The van der Waals surface area contributed by atoms with Gasteiger partial charge in [0.2, 0.25) is 0 Å². The average Bonchev–Trinajstić information content (AvgIpc) is 3.11. The normalized spacial score (nSPS) is 25.1. The lowest BCUT2D eigenvalue weighted by Gasteiger charge is -2.27. The number of hydrogen-bond donors (Lipinski definition) is 1. The van der Waals surface area contributed by atoms with Crippen LogP contribution in [0.1, 0.15) is 56.5 Å². The first-order chi connectivity index (χ1) is 13.4. The van der Waals surface area contributed by atoms with E-state index in [1.54, 1.807) is 24.9 Å². The van der Waals surface area contributed by atoms with Gasteiger partial charge in [-0.15, -0.1) is 0 Å². The predicted molar refractivity (Wildman–Crippen MR) is 116 cm³/mol. The molecule has 0 saturated heterocycles. The van der Waals surface area contributed by atoms with Gasteiger partial charge in [-0.3, -0.25) is 4.98 Å². The smallest absolute Gasteiger partial charge is 0.177 e. The molecule has 1 aliphatic carbocycles. The van der Waals surface area contributed by atoms with Crippen LogP contribution in [-0.2, 0) is 4.74 Å². The number of allylic oxidation sites excluding steroid dienone is 2. The van der Waals surface area contributed by atoms with Gasteiger partial charge in [0.05, 0.1) is 23.4 Å². The molecule has 4 rings (SSSR count). The Kier molecular flexibility index (Phi) is 7.43. The summed E-state index contributed by atoms with van der Waals surface area (Å²) in [5.41, 5.74) is 1.47. The zero-order valence-corrected chi connectivity index (χ0v) is 18.2. The van der Waals surface area contributed by atoms with Crippen molar-refractivity contribution in [1.82, 2.24) is 9.88 Å². The molecule has 0 spiro atoms. The Morgan fingerprint density at radius 3 is 2.61 bits per heavy atom. The lowest BCUT2D eigenvalue weighted by molar-refractivity contribution is 0.194. The number of hydrogen-bond acceptors (Lipinski definition) is 6. The van der Waals surface area contributed by atoms with Crippen molar-refractivity contribution < 1.29 is 9.84 Å². The zero-order valence-electron chi connectivity index (χ0n) is 16.6. The fourth-order valence-electron chi connectivity index (χ4n) is 2.99. The SMILES string of the molecule is CC(O)c1ccc(C2N=COC2SC2=CC=C(Cl)CN2C)cn1.CC1CCC1. The maximum absolute atomic E-state index is 9.55. The van der Waals surface area contributed by atoms with Crippen molar-refractivity contribution in [2.75, 3.05) is 13.6 Å². The first-order valence-electron chi connectivity index (χ1n) is 9.69. The molecular weight excluding hydrogens is 394 g/mol. The number of aliphatic hydroxyl groups is 1. The molecule has 0 amide bonds. The molecule has 3 aliphatic rings. The number of aromatic nitrogens is 1. The van der Waals surface area contributed by atoms with Crippen LogP contribution in [0.2, 0.25) is 0 Å². The quantitative estimate of drug-likeness (QED) is 0.740. The van der Waals surface area contributed by atoms with Gasteiger partial charge in [-0.1, -0.05) is 55.6 Å². The molecule has 2 aliphatic heterocycles. The molecule has 152 valence electrons. The molecule has 0 bridgehead atoms. The molecule has 1 saturated carbocycles. The van der Waals surface area contributed by atoms with Crippen molar-refractivity contribution in [3.8, 4) is 0 Å². The van der Waals surface area contributed by atoms with E-state index in [9.17, 15) is 5.11 Å². The summed E-state index contributed by atoms with van der Waals surface area (Å²) in [4.78, 5) is 10.8. The summed E-state index contributed by atoms with van der Waals surface area (Å²) < 4.78 is 5.65. The molecule has 28 heavy (non-hydrogen) atoms. The summed E-state index contributed by atoms with van der Waals surface area (Å²) in [6.45, 7) is 4.70. The van der Waals surface area contributed by atoms with Crippen molar-refractivity contribution in [1.29, 1.82) is 0 Å². The summed E-state index contributed by atoms with van der Waals surface area (Å²) in [5.74, 6) is 1.06. The van der Waals surface area contributed by atoms with E-state index in [1.165, 1.54) is 25.7 Å². The number of nitrogens with zero attached hydrogens (tertiary/aromatic N) is 3. The molecular formula is C21H28ClN3O2S. The van der Waals surface area contributed by atoms with E-state index in [2.05, 4.69) is 21.8 Å². The van der Waals surface area contributed by atoms with Gasteiger partial charge in [0.25, 0.3) is 0 Å². The fourth-order valence-corrected chi connectivity index (χ4v) is 4.32. The van der Waals surface area contributed by atoms with Crippen molar-refractivity contribution >= 4 is 29.8 Å². The molecule has 3 atom stereocenters.